The van der Waals surface area contributed by atoms with Gasteiger partial charge in [-0.25, -0.2) is 4.68 Å². The minimum Gasteiger partial charge on any atom is -0.268 e. The zero-order valence-corrected chi connectivity index (χ0v) is 11.7. The van der Waals surface area contributed by atoms with Crippen molar-refractivity contribution in [2.75, 3.05) is 5.43 Å². The molecule has 1 amide bonds. The van der Waals surface area contributed by atoms with Crippen molar-refractivity contribution in [3.8, 4) is 0 Å². The van der Waals surface area contributed by atoms with Crippen LogP contribution >= 0.6 is 0 Å². The maximum atomic E-state index is 12.1. The highest BCUT2D eigenvalue weighted by Crippen LogP contribution is 2.16. The molecule has 110 valence electrons. The van der Waals surface area contributed by atoms with Gasteiger partial charge in [0.2, 0.25) is 5.69 Å². The molecule has 1 N–H and O–H groups in total. The highest BCUT2D eigenvalue weighted by atomic mass is 16.6. The number of rotatable bonds is 3. The lowest BCUT2D eigenvalue weighted by Gasteiger charge is -2.10. The Morgan fingerprint density at radius 1 is 1.38 bits per heavy atom. The number of hydrogen-bond donors (Lipinski definition) is 1. The number of pyridine rings is 1. The van der Waals surface area contributed by atoms with E-state index >= 15 is 0 Å². The van der Waals surface area contributed by atoms with Crippen molar-refractivity contribution in [1.82, 2.24) is 14.5 Å². The molecule has 0 radical (unpaired) electrons. The van der Waals surface area contributed by atoms with E-state index in [1.165, 1.54) is 13.1 Å². The number of carbonyl (C=O) groups is 1. The number of aryl methyl sites for hydroxylation is 3. The predicted octanol–water partition coefficient (Wildman–Crippen LogP) is 0.491. The minimum atomic E-state index is -0.823. The molecule has 2 aromatic rings. The Morgan fingerprint density at radius 3 is 2.62 bits per heavy atom. The summed E-state index contributed by atoms with van der Waals surface area (Å²) in [4.78, 5) is 34.1. The smallest absolute Gasteiger partial charge is 0.268 e. The Bertz CT molecular complexity index is 789. The highest BCUT2D eigenvalue weighted by molar-refractivity contribution is 6.01. The molecule has 0 saturated carbocycles. The van der Waals surface area contributed by atoms with Crippen LogP contribution < -0.4 is 11.0 Å². The summed E-state index contributed by atoms with van der Waals surface area (Å²) in [6.07, 6.45) is 1.12. The van der Waals surface area contributed by atoms with Gasteiger partial charge in [-0.15, -0.1) is 0 Å². The summed E-state index contributed by atoms with van der Waals surface area (Å²) < 4.78 is 2.19. The van der Waals surface area contributed by atoms with Gasteiger partial charge in [-0.3, -0.25) is 29.8 Å². The van der Waals surface area contributed by atoms with Crippen LogP contribution in [0.15, 0.2) is 23.1 Å². The Kier molecular flexibility index (Phi) is 3.57. The highest BCUT2D eigenvalue weighted by Gasteiger charge is 2.25. The van der Waals surface area contributed by atoms with E-state index in [0.29, 0.717) is 5.69 Å². The maximum Gasteiger partial charge on any atom is 0.320 e. The molecule has 0 unspecified atom stereocenters. The first-order chi connectivity index (χ1) is 9.79. The van der Waals surface area contributed by atoms with Crippen LogP contribution in [0.25, 0.3) is 0 Å². The Labute approximate surface area is 118 Å². The fourth-order valence-electron chi connectivity index (χ4n) is 1.94. The molecule has 2 heterocycles. The number of amides is 1. The lowest BCUT2D eigenvalue weighted by molar-refractivity contribution is -0.385. The first-order valence-electron chi connectivity index (χ1n) is 5.99. The van der Waals surface area contributed by atoms with Gasteiger partial charge in [-0.1, -0.05) is 0 Å². The molecule has 0 aromatic carbocycles. The van der Waals surface area contributed by atoms with Gasteiger partial charge in [0, 0.05) is 18.8 Å². The van der Waals surface area contributed by atoms with Crippen molar-refractivity contribution < 1.29 is 9.72 Å². The Balaban J connectivity index is 2.40. The number of nitrogens with zero attached hydrogens (tertiary/aromatic N) is 4. The molecular formula is C12H13N5O4. The van der Waals surface area contributed by atoms with Gasteiger partial charge in [-0.05, 0) is 25.5 Å². The third-order valence-corrected chi connectivity index (χ3v) is 2.80. The molecule has 0 saturated heterocycles. The van der Waals surface area contributed by atoms with E-state index < -0.39 is 22.1 Å². The van der Waals surface area contributed by atoms with Crippen LogP contribution in [0.4, 0.5) is 5.69 Å². The fraction of sp³-hybridized carbons (Fsp3) is 0.250. The van der Waals surface area contributed by atoms with E-state index in [0.717, 1.165) is 21.1 Å². The zero-order valence-electron chi connectivity index (χ0n) is 11.7. The summed E-state index contributed by atoms with van der Waals surface area (Å²) in [6, 6.07) is 3.05. The molecule has 0 aliphatic carbocycles. The molecule has 9 heteroatoms. The lowest BCUT2D eigenvalue weighted by Crippen LogP contribution is -2.34. The average Bonchev–Trinajstić information content (AvgIpc) is 2.76. The summed E-state index contributed by atoms with van der Waals surface area (Å²) in [6.45, 7) is 3.39. The van der Waals surface area contributed by atoms with Crippen molar-refractivity contribution in [1.29, 1.82) is 0 Å². The quantitative estimate of drug-likeness (QED) is 0.653. The number of aromatic nitrogens is 3. The van der Waals surface area contributed by atoms with E-state index in [4.69, 9.17) is 0 Å². The van der Waals surface area contributed by atoms with Crippen molar-refractivity contribution in [3.63, 3.8) is 0 Å². The van der Waals surface area contributed by atoms with E-state index in [-0.39, 0.29) is 5.69 Å². The van der Waals surface area contributed by atoms with Crippen molar-refractivity contribution in [2.45, 2.75) is 13.8 Å². The van der Waals surface area contributed by atoms with Gasteiger partial charge >= 0.3 is 5.69 Å². The normalized spacial score (nSPS) is 10.4. The molecule has 2 aromatic heterocycles. The van der Waals surface area contributed by atoms with Gasteiger partial charge in [0.05, 0.1) is 4.92 Å². The summed E-state index contributed by atoms with van der Waals surface area (Å²) in [7, 11) is 1.47. The predicted molar refractivity (Wildman–Crippen MR) is 73.7 cm³/mol. The van der Waals surface area contributed by atoms with Crippen LogP contribution in [0.5, 0.6) is 0 Å². The van der Waals surface area contributed by atoms with Crippen molar-refractivity contribution in [2.24, 2.45) is 7.05 Å². The molecule has 0 fully saturated rings. The van der Waals surface area contributed by atoms with E-state index in [1.807, 2.05) is 0 Å². The van der Waals surface area contributed by atoms with Gasteiger partial charge in [0.25, 0.3) is 11.5 Å². The van der Waals surface area contributed by atoms with Gasteiger partial charge < -0.3 is 0 Å². The SMILES string of the molecule is Cc1cc(C)n(NC(=O)c2nn(C)cc2[N+](=O)[O-])c(=O)c1. The topological polar surface area (TPSA) is 112 Å². The molecule has 0 spiro atoms. The molecule has 0 aliphatic heterocycles. The lowest BCUT2D eigenvalue weighted by atomic mass is 10.2. The summed E-state index contributed by atoms with van der Waals surface area (Å²) >= 11 is 0. The number of carbonyl (C=O) groups excluding carboxylic acids is 1. The van der Waals surface area contributed by atoms with Crippen LogP contribution in [-0.4, -0.2) is 25.3 Å². The molecule has 21 heavy (non-hydrogen) atoms. The Morgan fingerprint density at radius 2 is 2.05 bits per heavy atom. The molecule has 0 bridgehead atoms. The average molecular weight is 291 g/mol. The van der Waals surface area contributed by atoms with Crippen LogP contribution in [0, 0.1) is 24.0 Å². The van der Waals surface area contributed by atoms with Gasteiger partial charge in [-0.2, -0.15) is 5.10 Å². The monoisotopic (exact) mass is 291 g/mol. The van der Waals surface area contributed by atoms with Crippen LogP contribution in [0.3, 0.4) is 0 Å². The maximum absolute atomic E-state index is 12.1. The standard InChI is InChI=1S/C12H13N5O4/c1-7-4-8(2)16(10(18)5-7)14-12(19)11-9(17(20)21)6-15(3)13-11/h4-6H,1-3H3,(H,14,19). The van der Waals surface area contributed by atoms with Crippen molar-refractivity contribution in [3.05, 3.63) is 55.7 Å². The minimum absolute atomic E-state index is 0.352. The summed E-state index contributed by atoms with van der Waals surface area (Å²) in [5, 5.41) is 14.6. The molecule has 9 nitrogen and oxygen atoms in total. The van der Waals surface area contributed by atoms with Crippen molar-refractivity contribution >= 4 is 11.6 Å². The molecule has 0 aliphatic rings. The molecule has 0 atom stereocenters. The van der Waals surface area contributed by atoms with E-state index in [9.17, 15) is 19.7 Å². The van der Waals surface area contributed by atoms with E-state index in [1.54, 1.807) is 19.9 Å². The third kappa shape index (κ3) is 2.81. The third-order valence-electron chi connectivity index (χ3n) is 2.80. The molecule has 2 rings (SSSR count). The van der Waals surface area contributed by atoms with Crippen LogP contribution in [0.2, 0.25) is 0 Å². The molecular weight excluding hydrogens is 278 g/mol. The first kappa shape index (κ1) is 14.4. The zero-order chi connectivity index (χ0) is 15.7. The second-order valence-electron chi connectivity index (χ2n) is 4.58. The number of hydrogen-bond acceptors (Lipinski definition) is 5. The van der Waals surface area contributed by atoms with Gasteiger partial charge in [0.1, 0.15) is 6.20 Å². The summed E-state index contributed by atoms with van der Waals surface area (Å²) in [5.74, 6) is -0.823. The van der Waals surface area contributed by atoms with Crippen LogP contribution in [-0.2, 0) is 7.05 Å². The first-order valence-corrected chi connectivity index (χ1v) is 5.99. The largest absolute Gasteiger partial charge is 0.320 e. The summed E-state index contributed by atoms with van der Waals surface area (Å²) in [5.41, 5.74) is 2.37. The van der Waals surface area contributed by atoms with Crippen LogP contribution in [0.1, 0.15) is 21.7 Å². The van der Waals surface area contributed by atoms with Gasteiger partial charge in [0.15, 0.2) is 0 Å². The second-order valence-corrected chi connectivity index (χ2v) is 4.58. The number of nitro groups is 1. The number of nitrogens with one attached hydrogen (secondary N) is 1. The Hall–Kier alpha value is -2.97. The van der Waals surface area contributed by atoms with E-state index in [2.05, 4.69) is 10.5 Å². The fourth-order valence-corrected chi connectivity index (χ4v) is 1.94. The second kappa shape index (κ2) is 5.19.